The fraction of sp³-hybridized carbons (Fsp3) is 0.562. The second-order valence-corrected chi connectivity index (χ2v) is 6.53. The van der Waals surface area contributed by atoms with Crippen molar-refractivity contribution in [3.8, 4) is 0 Å². The summed E-state index contributed by atoms with van der Waals surface area (Å²) in [5.74, 6) is 0.326. The molecule has 1 heterocycles. The van der Waals surface area contributed by atoms with Gasteiger partial charge in [-0.15, -0.1) is 0 Å². The van der Waals surface area contributed by atoms with E-state index in [1.54, 1.807) is 0 Å². The molecule has 3 N–H and O–H groups in total. The number of fused-ring (bicyclic) bond motifs is 1. The van der Waals surface area contributed by atoms with Gasteiger partial charge in [-0.1, -0.05) is 26.0 Å². The van der Waals surface area contributed by atoms with Gasteiger partial charge < -0.3 is 15.8 Å². The van der Waals surface area contributed by atoms with Crippen LogP contribution in [0.2, 0.25) is 0 Å². The van der Waals surface area contributed by atoms with Crippen LogP contribution < -0.4 is 11.1 Å². The van der Waals surface area contributed by atoms with Crippen LogP contribution in [0.15, 0.2) is 24.3 Å². The van der Waals surface area contributed by atoms with Gasteiger partial charge in [0, 0.05) is 29.7 Å². The van der Waals surface area contributed by atoms with E-state index in [-0.39, 0.29) is 11.3 Å². The van der Waals surface area contributed by atoms with Gasteiger partial charge in [-0.05, 0) is 24.1 Å². The molecule has 1 saturated heterocycles. The Bertz CT molecular complexity index is 510. The zero-order valence-electron chi connectivity index (χ0n) is 12.1. The first-order valence-corrected chi connectivity index (χ1v) is 7.24. The summed E-state index contributed by atoms with van der Waals surface area (Å²) < 4.78 is 5.81. The second-order valence-electron chi connectivity index (χ2n) is 6.53. The van der Waals surface area contributed by atoms with Crippen LogP contribution in [0.5, 0.6) is 0 Å². The van der Waals surface area contributed by atoms with Crippen LogP contribution in [-0.2, 0) is 16.0 Å². The molecule has 0 radical (unpaired) electrons. The molecule has 1 aromatic carbocycles. The number of hydrogen-bond donors (Lipinski definition) is 2. The van der Waals surface area contributed by atoms with Crippen LogP contribution in [0.25, 0.3) is 0 Å². The van der Waals surface area contributed by atoms with Crippen LogP contribution in [-0.4, -0.2) is 24.7 Å². The van der Waals surface area contributed by atoms with E-state index >= 15 is 0 Å². The number of nitrogens with one attached hydrogen (secondary N) is 1. The number of anilines is 1. The molecule has 2 aliphatic rings. The van der Waals surface area contributed by atoms with Crippen molar-refractivity contribution in [3.63, 3.8) is 0 Å². The zero-order valence-corrected chi connectivity index (χ0v) is 12.1. The predicted octanol–water partition coefficient (Wildman–Crippen LogP) is 1.94. The monoisotopic (exact) mass is 274 g/mol. The normalized spacial score (nSPS) is 30.4. The van der Waals surface area contributed by atoms with Crippen LogP contribution >= 0.6 is 0 Å². The van der Waals surface area contributed by atoms with Crippen LogP contribution in [0, 0.1) is 11.3 Å². The number of ether oxygens (including phenoxy) is 1. The van der Waals surface area contributed by atoms with E-state index in [0.717, 1.165) is 24.3 Å². The summed E-state index contributed by atoms with van der Waals surface area (Å²) in [5.41, 5.74) is 7.43. The minimum Gasteiger partial charge on any atom is -0.381 e. The van der Waals surface area contributed by atoms with Gasteiger partial charge >= 0.3 is 0 Å². The molecule has 4 heteroatoms. The molecule has 1 saturated carbocycles. The number of rotatable bonds is 4. The van der Waals surface area contributed by atoms with Crippen molar-refractivity contribution in [3.05, 3.63) is 29.8 Å². The molecule has 3 unspecified atom stereocenters. The summed E-state index contributed by atoms with van der Waals surface area (Å²) in [7, 11) is 0. The molecule has 2 fully saturated rings. The summed E-state index contributed by atoms with van der Waals surface area (Å²) in [6.07, 6.45) is 1.84. The molecule has 0 aromatic heterocycles. The van der Waals surface area contributed by atoms with Crippen molar-refractivity contribution >= 4 is 11.6 Å². The third-order valence-electron chi connectivity index (χ3n) is 4.75. The topological polar surface area (TPSA) is 64.3 Å². The lowest BCUT2D eigenvalue weighted by Gasteiger charge is -2.55. The first kappa shape index (κ1) is 13.4. The predicted molar refractivity (Wildman–Crippen MR) is 78.4 cm³/mol. The molecule has 1 amide bonds. The number of carbonyl (C=O) groups is 1. The fourth-order valence-corrected chi connectivity index (χ4v) is 3.72. The molecule has 0 spiro atoms. The Morgan fingerprint density at radius 1 is 1.40 bits per heavy atom. The molecular weight excluding hydrogens is 252 g/mol. The smallest absolute Gasteiger partial charge is 0.221 e. The first-order valence-electron chi connectivity index (χ1n) is 7.24. The highest BCUT2D eigenvalue weighted by molar-refractivity contribution is 5.76. The van der Waals surface area contributed by atoms with E-state index in [9.17, 15) is 4.79 Å². The molecule has 3 rings (SSSR count). The second kappa shape index (κ2) is 4.77. The van der Waals surface area contributed by atoms with E-state index in [0.29, 0.717) is 24.5 Å². The highest BCUT2D eigenvalue weighted by Crippen LogP contribution is 2.53. The summed E-state index contributed by atoms with van der Waals surface area (Å²) in [6.45, 7) is 5.41. The number of benzene rings is 1. The largest absolute Gasteiger partial charge is 0.381 e. The van der Waals surface area contributed by atoms with Crippen molar-refractivity contribution in [2.75, 3.05) is 11.9 Å². The van der Waals surface area contributed by atoms with E-state index in [4.69, 9.17) is 10.5 Å². The lowest BCUT2D eigenvalue weighted by molar-refractivity contribution is -0.117. The minimum absolute atomic E-state index is 0.174. The third kappa shape index (κ3) is 2.18. The highest BCUT2D eigenvalue weighted by Gasteiger charge is 2.59. The number of nitrogens with two attached hydrogens (primary N) is 1. The van der Waals surface area contributed by atoms with Crippen LogP contribution in [0.1, 0.15) is 25.8 Å². The molecular formula is C16H22N2O2. The number of hydrogen-bond acceptors (Lipinski definition) is 3. The number of carbonyl (C=O) groups excluding carboxylic acids is 1. The molecule has 108 valence electrons. The Morgan fingerprint density at radius 2 is 2.10 bits per heavy atom. The summed E-state index contributed by atoms with van der Waals surface area (Å²) in [5, 5.41) is 3.62. The fourth-order valence-electron chi connectivity index (χ4n) is 3.72. The summed E-state index contributed by atoms with van der Waals surface area (Å²) in [4.78, 5) is 10.9. The molecule has 0 bridgehead atoms. The Kier molecular flexibility index (Phi) is 3.21. The van der Waals surface area contributed by atoms with Gasteiger partial charge in [-0.2, -0.15) is 0 Å². The van der Waals surface area contributed by atoms with Crippen molar-refractivity contribution in [1.82, 2.24) is 0 Å². The highest BCUT2D eigenvalue weighted by atomic mass is 16.5. The van der Waals surface area contributed by atoms with Gasteiger partial charge in [0.05, 0.1) is 12.5 Å². The van der Waals surface area contributed by atoms with E-state index < -0.39 is 0 Å². The van der Waals surface area contributed by atoms with Gasteiger partial charge in [0.25, 0.3) is 0 Å². The maximum Gasteiger partial charge on any atom is 0.221 e. The maximum absolute atomic E-state index is 10.9. The van der Waals surface area contributed by atoms with Crippen molar-refractivity contribution < 1.29 is 9.53 Å². The minimum atomic E-state index is -0.295. The SMILES string of the molecule is CC1(C)C(Nc2ccc(CC(N)=O)cc2)C2CCOC21. The summed E-state index contributed by atoms with van der Waals surface area (Å²) in [6, 6.07) is 8.43. The van der Waals surface area contributed by atoms with Gasteiger partial charge in [0.15, 0.2) is 0 Å². The Hall–Kier alpha value is -1.55. The first-order chi connectivity index (χ1) is 9.48. The molecule has 1 aromatic rings. The Balaban J connectivity index is 1.67. The van der Waals surface area contributed by atoms with E-state index in [1.807, 2.05) is 24.3 Å². The molecule has 1 aliphatic heterocycles. The van der Waals surface area contributed by atoms with Crippen molar-refractivity contribution in [2.45, 2.75) is 38.8 Å². The molecule has 3 atom stereocenters. The van der Waals surface area contributed by atoms with Gasteiger partial charge in [0.2, 0.25) is 5.91 Å². The van der Waals surface area contributed by atoms with Gasteiger partial charge in [-0.25, -0.2) is 0 Å². The number of amides is 1. The number of primary amides is 1. The maximum atomic E-state index is 10.9. The van der Waals surface area contributed by atoms with E-state index in [1.165, 1.54) is 0 Å². The van der Waals surface area contributed by atoms with Gasteiger partial charge in [-0.3, -0.25) is 4.79 Å². The lowest BCUT2D eigenvalue weighted by atomic mass is 9.57. The van der Waals surface area contributed by atoms with Gasteiger partial charge in [0.1, 0.15) is 0 Å². The molecule has 1 aliphatic carbocycles. The van der Waals surface area contributed by atoms with Crippen molar-refractivity contribution in [2.24, 2.45) is 17.1 Å². The lowest BCUT2D eigenvalue weighted by Crippen LogP contribution is -2.63. The average Bonchev–Trinajstić information content (AvgIpc) is 2.84. The van der Waals surface area contributed by atoms with Crippen LogP contribution in [0.3, 0.4) is 0 Å². The average molecular weight is 274 g/mol. The zero-order chi connectivity index (χ0) is 14.3. The Morgan fingerprint density at radius 3 is 2.75 bits per heavy atom. The van der Waals surface area contributed by atoms with Crippen LogP contribution in [0.4, 0.5) is 5.69 Å². The summed E-state index contributed by atoms with van der Waals surface area (Å²) >= 11 is 0. The molecule has 4 nitrogen and oxygen atoms in total. The van der Waals surface area contributed by atoms with E-state index in [2.05, 4.69) is 19.2 Å². The standard InChI is InChI=1S/C16H22N2O2/c1-16(2)14(12-7-8-20-15(12)16)18-11-5-3-10(4-6-11)9-13(17)19/h3-6,12,14-15,18H,7-9H2,1-2H3,(H2,17,19). The van der Waals surface area contributed by atoms with Crippen molar-refractivity contribution in [1.29, 1.82) is 0 Å². The quantitative estimate of drug-likeness (QED) is 0.882. The third-order valence-corrected chi connectivity index (χ3v) is 4.75. The Labute approximate surface area is 119 Å². The molecule has 20 heavy (non-hydrogen) atoms.